The molecule has 1 aliphatic carbocycles. The highest BCUT2D eigenvalue weighted by molar-refractivity contribution is 4.99. The second-order valence-electron chi connectivity index (χ2n) is 10.8. The van der Waals surface area contributed by atoms with E-state index in [9.17, 15) is 4.79 Å². The molecule has 244 valence electrons. The molecular formula is C39H72N2O. The Morgan fingerprint density at radius 3 is 1.05 bits per heavy atom. The lowest BCUT2D eigenvalue weighted by Crippen LogP contribution is -2.19. The average molecular weight is 585 g/mol. The molecule has 0 bridgehead atoms. The lowest BCUT2D eigenvalue weighted by atomic mass is 10.1. The molecule has 0 N–H and O–H groups in total. The Morgan fingerprint density at radius 2 is 0.905 bits per heavy atom. The zero-order chi connectivity index (χ0) is 33.8. The monoisotopic (exact) mass is 585 g/mol. The van der Waals surface area contributed by atoms with Crippen molar-refractivity contribution in [3.8, 4) is 0 Å². The maximum atomic E-state index is 11.0. The van der Waals surface area contributed by atoms with E-state index in [1.807, 2.05) is 116 Å². The van der Waals surface area contributed by atoms with Crippen molar-refractivity contribution in [3.63, 3.8) is 0 Å². The fourth-order valence-electron chi connectivity index (χ4n) is 2.33. The molecule has 42 heavy (non-hydrogen) atoms. The van der Waals surface area contributed by atoms with Gasteiger partial charge in [-0.05, 0) is 68.6 Å². The molecule has 2 heterocycles. The predicted molar refractivity (Wildman–Crippen MR) is 194 cm³/mol. The minimum Gasteiger partial charge on any atom is -0.313 e. The van der Waals surface area contributed by atoms with Gasteiger partial charge in [-0.25, -0.2) is 0 Å². The smallest absolute Gasteiger partial charge is 0.250 e. The molecule has 1 saturated carbocycles. The molecule has 3 aromatic rings. The third kappa shape index (κ3) is 50.2. The van der Waals surface area contributed by atoms with Crippen molar-refractivity contribution >= 4 is 0 Å². The van der Waals surface area contributed by atoms with Crippen molar-refractivity contribution in [3.05, 3.63) is 102 Å². The zero-order valence-electron chi connectivity index (χ0n) is 30.8. The van der Waals surface area contributed by atoms with Crippen LogP contribution in [0.2, 0.25) is 0 Å². The SMILES string of the molecule is CC.CC.CC.CC(C)C.CC(C)C.CC(C)C1CC1.CC(C)n1ccccc1=O.c1ccccc1.c1ccncc1. The van der Waals surface area contributed by atoms with E-state index in [0.717, 1.165) is 23.7 Å². The summed E-state index contributed by atoms with van der Waals surface area (Å²) in [5.41, 5.74) is 0.0671. The summed E-state index contributed by atoms with van der Waals surface area (Å²) >= 11 is 0. The van der Waals surface area contributed by atoms with Crippen LogP contribution in [0.15, 0.2) is 96.2 Å². The maximum absolute atomic E-state index is 11.0. The lowest BCUT2D eigenvalue weighted by Gasteiger charge is -2.06. The van der Waals surface area contributed by atoms with E-state index < -0.39 is 0 Å². The van der Waals surface area contributed by atoms with E-state index in [-0.39, 0.29) is 11.6 Å². The lowest BCUT2D eigenvalue weighted by molar-refractivity contribution is 0.563. The second-order valence-corrected chi connectivity index (χ2v) is 10.8. The summed E-state index contributed by atoms with van der Waals surface area (Å²) in [6.45, 7) is 33.6. The highest BCUT2D eigenvalue weighted by atomic mass is 16.1. The summed E-state index contributed by atoms with van der Waals surface area (Å²) in [6, 6.07) is 23.2. The third-order valence-electron chi connectivity index (χ3n) is 4.21. The predicted octanol–water partition coefficient (Wildman–Crippen LogP) is 12.7. The Kier molecular flexibility index (Phi) is 47.2. The first kappa shape index (κ1) is 49.0. The Balaban J connectivity index is -0.000000129. The van der Waals surface area contributed by atoms with E-state index >= 15 is 0 Å². The summed E-state index contributed by atoms with van der Waals surface area (Å²) in [4.78, 5) is 14.8. The molecule has 3 nitrogen and oxygen atoms in total. The molecule has 1 aromatic carbocycles. The van der Waals surface area contributed by atoms with Gasteiger partial charge < -0.3 is 4.57 Å². The number of hydrogen-bond donors (Lipinski definition) is 0. The molecule has 0 atom stereocenters. The van der Waals surface area contributed by atoms with Gasteiger partial charge in [0.25, 0.3) is 5.56 Å². The molecule has 1 fully saturated rings. The highest BCUT2D eigenvalue weighted by Gasteiger charge is 2.23. The van der Waals surface area contributed by atoms with Crippen LogP contribution < -0.4 is 5.56 Å². The summed E-state index contributed by atoms with van der Waals surface area (Å²) in [5.74, 6) is 3.73. The molecular weight excluding hydrogens is 512 g/mol. The van der Waals surface area contributed by atoms with Crippen molar-refractivity contribution in [1.29, 1.82) is 0 Å². The molecule has 0 amide bonds. The van der Waals surface area contributed by atoms with E-state index in [4.69, 9.17) is 0 Å². The first-order valence-electron chi connectivity index (χ1n) is 16.5. The summed E-state index contributed by atoms with van der Waals surface area (Å²) in [5, 5.41) is 0. The number of nitrogens with zero attached hydrogens (tertiary/aromatic N) is 2. The van der Waals surface area contributed by atoms with Gasteiger partial charge in [0.2, 0.25) is 0 Å². The summed E-state index contributed by atoms with van der Waals surface area (Å²) in [7, 11) is 0. The fourth-order valence-corrected chi connectivity index (χ4v) is 2.33. The number of pyridine rings is 2. The van der Waals surface area contributed by atoms with Gasteiger partial charge in [-0.1, -0.05) is 145 Å². The van der Waals surface area contributed by atoms with Crippen molar-refractivity contribution < 1.29 is 0 Å². The van der Waals surface area contributed by atoms with Crippen LogP contribution in [0.25, 0.3) is 0 Å². The van der Waals surface area contributed by atoms with Crippen molar-refractivity contribution in [2.45, 2.75) is 130 Å². The first-order valence-corrected chi connectivity index (χ1v) is 16.5. The molecule has 0 aliphatic heterocycles. The van der Waals surface area contributed by atoms with E-state index in [2.05, 4.69) is 60.4 Å². The highest BCUT2D eigenvalue weighted by Crippen LogP contribution is 2.35. The first-order chi connectivity index (χ1) is 20.0. The Labute approximate surface area is 264 Å². The van der Waals surface area contributed by atoms with Crippen LogP contribution in [0.1, 0.15) is 130 Å². The van der Waals surface area contributed by atoms with Crippen LogP contribution in [0.3, 0.4) is 0 Å². The Hall–Kier alpha value is -2.68. The van der Waals surface area contributed by atoms with Gasteiger partial charge >= 0.3 is 0 Å². The van der Waals surface area contributed by atoms with E-state index in [1.165, 1.54) is 12.8 Å². The van der Waals surface area contributed by atoms with E-state index in [0.29, 0.717) is 0 Å². The quantitative estimate of drug-likeness (QED) is 0.300. The number of benzene rings is 1. The van der Waals surface area contributed by atoms with Crippen molar-refractivity contribution in [2.75, 3.05) is 0 Å². The van der Waals surface area contributed by atoms with Gasteiger partial charge in [-0.3, -0.25) is 9.78 Å². The molecule has 4 rings (SSSR count). The van der Waals surface area contributed by atoms with Crippen LogP contribution in [-0.2, 0) is 0 Å². The maximum Gasteiger partial charge on any atom is 0.250 e. The molecule has 2 aromatic heterocycles. The number of aromatic nitrogens is 2. The van der Waals surface area contributed by atoms with Gasteiger partial charge in [0.05, 0.1) is 0 Å². The van der Waals surface area contributed by atoms with Crippen molar-refractivity contribution in [1.82, 2.24) is 9.55 Å². The summed E-state index contributed by atoms with van der Waals surface area (Å²) < 4.78 is 1.69. The van der Waals surface area contributed by atoms with Crippen LogP contribution in [-0.4, -0.2) is 9.55 Å². The molecule has 1 aliphatic rings. The normalized spacial score (nSPS) is 10.1. The van der Waals surface area contributed by atoms with Gasteiger partial charge in [0.15, 0.2) is 0 Å². The minimum absolute atomic E-state index is 0.0671. The summed E-state index contributed by atoms with van der Waals surface area (Å²) in [6.07, 6.45) is 8.29. The van der Waals surface area contributed by atoms with Crippen LogP contribution in [0.4, 0.5) is 0 Å². The third-order valence-corrected chi connectivity index (χ3v) is 4.21. The minimum atomic E-state index is 0.0671. The molecule has 0 saturated heterocycles. The van der Waals surface area contributed by atoms with E-state index in [1.54, 1.807) is 35.3 Å². The van der Waals surface area contributed by atoms with Gasteiger partial charge in [-0.2, -0.15) is 0 Å². The van der Waals surface area contributed by atoms with Gasteiger partial charge in [0, 0.05) is 30.7 Å². The number of rotatable bonds is 2. The molecule has 0 spiro atoms. The van der Waals surface area contributed by atoms with Gasteiger partial charge in [0.1, 0.15) is 0 Å². The van der Waals surface area contributed by atoms with Crippen LogP contribution in [0.5, 0.6) is 0 Å². The number of hydrogen-bond acceptors (Lipinski definition) is 2. The van der Waals surface area contributed by atoms with Crippen molar-refractivity contribution in [2.24, 2.45) is 23.7 Å². The second kappa shape index (κ2) is 40.5. The van der Waals surface area contributed by atoms with Gasteiger partial charge in [-0.15, -0.1) is 0 Å². The molecule has 3 heteroatoms. The zero-order valence-corrected chi connectivity index (χ0v) is 30.8. The Morgan fingerprint density at radius 1 is 0.571 bits per heavy atom. The topological polar surface area (TPSA) is 34.9 Å². The average Bonchev–Trinajstić information content (AvgIpc) is 3.85. The standard InChI is InChI=1S/C8H11NO.C6H12.C6H6.C5H5N.2C4H10.3C2H6/c1-7(2)9-6-4-3-5-8(9)10;1-5(2)6-3-4-6;2*1-2-4-6-5-3-1;2*1-4(2)3;3*1-2/h3-7H,1-2H3;5-6H,3-4H2,1-2H3;1-6H;1-5H;2*4H,1-3H3;3*1-2H3. The molecule has 0 radical (unpaired) electrons. The van der Waals surface area contributed by atoms with Crippen LogP contribution in [0, 0.1) is 23.7 Å². The molecule has 0 unspecified atom stereocenters. The van der Waals surface area contributed by atoms with Crippen LogP contribution >= 0.6 is 0 Å². The fraction of sp³-hybridized carbons (Fsp3) is 0.590. The Bertz CT molecular complexity index is 756. The largest absolute Gasteiger partial charge is 0.313 e.